The van der Waals surface area contributed by atoms with Crippen LogP contribution in [-0.2, 0) is 4.79 Å². The minimum absolute atomic E-state index is 0. The maximum atomic E-state index is 11.4. The summed E-state index contributed by atoms with van der Waals surface area (Å²) in [6, 6.07) is 8.07. The molecule has 0 aliphatic carbocycles. The molecule has 0 aliphatic heterocycles. The fourth-order valence-electron chi connectivity index (χ4n) is 2.25. The fraction of sp³-hybridized carbons (Fsp3) is 0.533. The molecule has 0 fully saturated rings. The third kappa shape index (κ3) is 6.83. The number of nitrogens with one attached hydrogen (secondary N) is 1. The van der Waals surface area contributed by atoms with Crippen LogP contribution in [0.25, 0.3) is 0 Å². The summed E-state index contributed by atoms with van der Waals surface area (Å²) in [5.74, 6) is 0.690. The summed E-state index contributed by atoms with van der Waals surface area (Å²) in [5.41, 5.74) is 6.47. The summed E-state index contributed by atoms with van der Waals surface area (Å²) in [6.07, 6.45) is 0. The van der Waals surface area contributed by atoms with Crippen LogP contribution in [0.3, 0.4) is 0 Å². The zero-order valence-electron chi connectivity index (χ0n) is 13.4. The van der Waals surface area contributed by atoms with E-state index in [0.29, 0.717) is 6.54 Å². The predicted octanol–water partition coefficient (Wildman–Crippen LogP) is 2.00. The van der Waals surface area contributed by atoms with E-state index in [1.807, 2.05) is 18.2 Å². The highest BCUT2D eigenvalue weighted by Gasteiger charge is 2.19. The van der Waals surface area contributed by atoms with Crippen LogP contribution in [-0.4, -0.2) is 44.1 Å². The van der Waals surface area contributed by atoms with Crippen molar-refractivity contribution in [2.45, 2.75) is 19.9 Å². The minimum atomic E-state index is -0.134. The number of methoxy groups -OCH3 is 1. The summed E-state index contributed by atoms with van der Waals surface area (Å²) in [6.45, 7) is 6.62. The topological polar surface area (TPSA) is 67.6 Å². The lowest BCUT2D eigenvalue weighted by atomic mass is 10.0. The second-order valence-corrected chi connectivity index (χ2v) is 4.52. The van der Waals surface area contributed by atoms with Gasteiger partial charge in [-0.25, -0.2) is 0 Å². The number of ether oxygens (including phenoxy) is 1. The Morgan fingerprint density at radius 1 is 1.32 bits per heavy atom. The van der Waals surface area contributed by atoms with Crippen LogP contribution < -0.4 is 15.8 Å². The monoisotopic (exact) mass is 351 g/mol. The van der Waals surface area contributed by atoms with Gasteiger partial charge in [0.05, 0.1) is 19.7 Å². The number of carbonyl (C=O) groups is 1. The lowest BCUT2D eigenvalue weighted by Gasteiger charge is -2.30. The first kappa shape index (κ1) is 23.3. The lowest BCUT2D eigenvalue weighted by Crippen LogP contribution is -2.40. The summed E-state index contributed by atoms with van der Waals surface area (Å²) >= 11 is 0. The average molecular weight is 352 g/mol. The molecule has 5 nitrogen and oxygen atoms in total. The number of likely N-dealkylation sites (N-methyl/N-ethyl adjacent to an activating group) is 1. The lowest BCUT2D eigenvalue weighted by molar-refractivity contribution is -0.120. The molecule has 0 aliphatic rings. The molecule has 7 heteroatoms. The van der Waals surface area contributed by atoms with E-state index >= 15 is 0 Å². The van der Waals surface area contributed by atoms with E-state index in [2.05, 4.69) is 30.1 Å². The van der Waals surface area contributed by atoms with Crippen LogP contribution >= 0.6 is 24.8 Å². The van der Waals surface area contributed by atoms with Crippen LogP contribution in [0.2, 0.25) is 0 Å². The van der Waals surface area contributed by atoms with Crippen molar-refractivity contribution in [3.63, 3.8) is 0 Å². The number of amides is 1. The molecule has 1 rings (SSSR count). The van der Waals surface area contributed by atoms with E-state index in [4.69, 9.17) is 10.5 Å². The molecular weight excluding hydrogens is 325 g/mol. The van der Waals surface area contributed by atoms with E-state index < -0.39 is 0 Å². The smallest absolute Gasteiger partial charge is 0.233 e. The Balaban J connectivity index is 0. The molecule has 3 N–H and O–H groups in total. The normalized spacial score (nSPS) is 11.1. The first-order valence-corrected chi connectivity index (χ1v) is 7.01. The van der Waals surface area contributed by atoms with Gasteiger partial charge in [0, 0.05) is 6.54 Å². The van der Waals surface area contributed by atoms with Crippen LogP contribution in [0.1, 0.15) is 25.5 Å². The Morgan fingerprint density at radius 3 is 2.45 bits per heavy atom. The molecule has 1 unspecified atom stereocenters. The zero-order chi connectivity index (χ0) is 15.0. The van der Waals surface area contributed by atoms with Crippen molar-refractivity contribution < 1.29 is 9.53 Å². The van der Waals surface area contributed by atoms with E-state index in [1.165, 1.54) is 0 Å². The maximum absolute atomic E-state index is 11.4. The summed E-state index contributed by atoms with van der Waals surface area (Å²) in [5, 5.41) is 2.87. The number of hydrogen-bond acceptors (Lipinski definition) is 4. The molecule has 1 aromatic carbocycles. The van der Waals surface area contributed by atoms with Crippen LogP contribution in [0.15, 0.2) is 24.3 Å². The molecule has 0 saturated carbocycles. The Kier molecular flexibility index (Phi) is 13.2. The third-order valence-electron chi connectivity index (χ3n) is 3.41. The first-order chi connectivity index (χ1) is 9.65. The molecule has 0 spiro atoms. The molecule has 0 aromatic heterocycles. The van der Waals surface area contributed by atoms with Gasteiger partial charge >= 0.3 is 0 Å². The first-order valence-electron chi connectivity index (χ1n) is 7.01. The van der Waals surface area contributed by atoms with Crippen molar-refractivity contribution in [2.24, 2.45) is 5.73 Å². The van der Waals surface area contributed by atoms with Gasteiger partial charge in [0.1, 0.15) is 5.75 Å². The Hall–Kier alpha value is -1.01. The number of nitrogens with zero attached hydrogens (tertiary/aromatic N) is 1. The zero-order valence-corrected chi connectivity index (χ0v) is 15.0. The van der Waals surface area contributed by atoms with Gasteiger partial charge in [0.15, 0.2) is 0 Å². The van der Waals surface area contributed by atoms with Crippen molar-refractivity contribution in [1.29, 1.82) is 0 Å². The average Bonchev–Trinajstić information content (AvgIpc) is 2.51. The van der Waals surface area contributed by atoms with Gasteiger partial charge in [-0.3, -0.25) is 9.69 Å². The van der Waals surface area contributed by atoms with Gasteiger partial charge in [-0.2, -0.15) is 0 Å². The quantitative estimate of drug-likeness (QED) is 0.751. The van der Waals surface area contributed by atoms with E-state index in [9.17, 15) is 4.79 Å². The molecule has 1 amide bonds. The second kappa shape index (κ2) is 12.5. The van der Waals surface area contributed by atoms with Gasteiger partial charge in [-0.05, 0) is 30.8 Å². The SMILES string of the molecule is CCN(CC)C(CNC(=O)CN)c1cccc(OC)c1.Cl.Cl. The fourth-order valence-corrected chi connectivity index (χ4v) is 2.25. The molecule has 1 atom stereocenters. The van der Waals surface area contributed by atoms with E-state index in [-0.39, 0.29) is 43.3 Å². The molecule has 22 heavy (non-hydrogen) atoms. The highest BCUT2D eigenvalue weighted by atomic mass is 35.5. The number of hydrogen-bond donors (Lipinski definition) is 2. The van der Waals surface area contributed by atoms with Crippen LogP contribution in [0.5, 0.6) is 5.75 Å². The molecule has 1 aromatic rings. The van der Waals surface area contributed by atoms with Crippen molar-refractivity contribution >= 4 is 30.7 Å². The number of nitrogens with two attached hydrogens (primary N) is 1. The largest absolute Gasteiger partial charge is 0.497 e. The molecule has 0 radical (unpaired) electrons. The molecule has 0 heterocycles. The van der Waals surface area contributed by atoms with Gasteiger partial charge in [0.25, 0.3) is 0 Å². The van der Waals surface area contributed by atoms with Crippen LogP contribution in [0.4, 0.5) is 0 Å². The molecule has 0 bridgehead atoms. The van der Waals surface area contributed by atoms with Gasteiger partial charge in [0.2, 0.25) is 5.91 Å². The van der Waals surface area contributed by atoms with E-state index in [0.717, 1.165) is 24.4 Å². The van der Waals surface area contributed by atoms with E-state index in [1.54, 1.807) is 7.11 Å². The number of carbonyl (C=O) groups excluding carboxylic acids is 1. The van der Waals surface area contributed by atoms with Crippen molar-refractivity contribution in [3.05, 3.63) is 29.8 Å². The number of benzene rings is 1. The highest BCUT2D eigenvalue weighted by molar-refractivity contribution is 5.85. The van der Waals surface area contributed by atoms with Gasteiger partial charge in [-0.15, -0.1) is 24.8 Å². The van der Waals surface area contributed by atoms with Gasteiger partial charge < -0.3 is 15.8 Å². The molecule has 128 valence electrons. The second-order valence-electron chi connectivity index (χ2n) is 4.52. The van der Waals surface area contributed by atoms with Gasteiger partial charge in [-0.1, -0.05) is 26.0 Å². The number of halogens is 2. The maximum Gasteiger partial charge on any atom is 0.233 e. The molecular formula is C15H27Cl2N3O2. The highest BCUT2D eigenvalue weighted by Crippen LogP contribution is 2.23. The standard InChI is InChI=1S/C15H25N3O2.2ClH/c1-4-18(5-2)14(11-17-15(19)10-16)12-7-6-8-13(9-12)20-3;;/h6-9,14H,4-5,10-11,16H2,1-3H3,(H,17,19);2*1H. The Labute approximate surface area is 145 Å². The third-order valence-corrected chi connectivity index (χ3v) is 3.41. The summed E-state index contributed by atoms with van der Waals surface area (Å²) < 4.78 is 5.27. The molecule has 0 saturated heterocycles. The van der Waals surface area contributed by atoms with Crippen LogP contribution in [0, 0.1) is 0 Å². The Morgan fingerprint density at radius 2 is 1.95 bits per heavy atom. The van der Waals surface area contributed by atoms with Crippen molar-refractivity contribution in [2.75, 3.05) is 33.3 Å². The predicted molar refractivity (Wildman–Crippen MR) is 95.2 cm³/mol. The summed E-state index contributed by atoms with van der Waals surface area (Å²) in [7, 11) is 1.65. The van der Waals surface area contributed by atoms with Crippen molar-refractivity contribution in [1.82, 2.24) is 10.2 Å². The minimum Gasteiger partial charge on any atom is -0.497 e. The Bertz CT molecular complexity index is 429. The van der Waals surface area contributed by atoms with Crippen molar-refractivity contribution in [3.8, 4) is 5.75 Å². The number of rotatable bonds is 8. The summed E-state index contributed by atoms with van der Waals surface area (Å²) in [4.78, 5) is 13.7.